The number of amides is 2. The number of rotatable bonds is 6. The van der Waals surface area contributed by atoms with Crippen LogP contribution in [-0.4, -0.2) is 35.9 Å². The maximum Gasteiger partial charge on any atom is 0.324 e. The molecule has 2 amide bonds. The van der Waals surface area contributed by atoms with Crippen LogP contribution in [0.15, 0.2) is 59.5 Å². The van der Waals surface area contributed by atoms with Crippen LogP contribution >= 0.6 is 34.8 Å². The van der Waals surface area contributed by atoms with Gasteiger partial charge in [0.15, 0.2) is 5.65 Å². The first-order valence-corrected chi connectivity index (χ1v) is 13.9. The van der Waals surface area contributed by atoms with Crippen molar-refractivity contribution in [2.75, 3.05) is 10.6 Å². The largest absolute Gasteiger partial charge is 0.506 e. The predicted molar refractivity (Wildman–Crippen MR) is 159 cm³/mol. The summed E-state index contributed by atoms with van der Waals surface area (Å²) in [4.78, 5) is 37.3. The highest BCUT2D eigenvalue weighted by Gasteiger charge is 2.29. The van der Waals surface area contributed by atoms with Crippen molar-refractivity contribution < 1.29 is 9.90 Å². The fourth-order valence-electron chi connectivity index (χ4n) is 4.73. The van der Waals surface area contributed by atoms with E-state index in [0.717, 1.165) is 19.3 Å². The number of aromatic nitrogens is 5. The van der Waals surface area contributed by atoms with Gasteiger partial charge in [-0.25, -0.2) is 19.4 Å². The Balaban J connectivity index is 1.32. The number of phenolic OH excluding ortho intramolecular Hbond substituents is 1. The molecule has 1 aliphatic rings. The number of halogens is 3. The van der Waals surface area contributed by atoms with Gasteiger partial charge in [0.2, 0.25) is 0 Å². The highest BCUT2D eigenvalue weighted by Crippen LogP contribution is 2.40. The van der Waals surface area contributed by atoms with Crippen molar-refractivity contribution >= 4 is 63.4 Å². The van der Waals surface area contributed by atoms with Crippen LogP contribution in [0.2, 0.25) is 15.1 Å². The molecular formula is C28H22Cl3N7O3. The lowest BCUT2D eigenvalue weighted by Crippen LogP contribution is -2.20. The zero-order valence-electron chi connectivity index (χ0n) is 21.3. The van der Waals surface area contributed by atoms with Crippen LogP contribution in [0.25, 0.3) is 16.7 Å². The maximum atomic E-state index is 13.4. The Morgan fingerprint density at radius 2 is 1.85 bits per heavy atom. The van der Waals surface area contributed by atoms with Crippen LogP contribution in [-0.2, 0) is 6.42 Å². The first-order valence-electron chi connectivity index (χ1n) is 12.7. The molecule has 0 spiro atoms. The normalized spacial score (nSPS) is 13.2. The van der Waals surface area contributed by atoms with E-state index < -0.39 is 6.03 Å². The van der Waals surface area contributed by atoms with E-state index in [9.17, 15) is 14.7 Å². The minimum absolute atomic E-state index is 0.143. The molecule has 2 aromatic carbocycles. The predicted octanol–water partition coefficient (Wildman–Crippen LogP) is 6.67. The van der Waals surface area contributed by atoms with Crippen molar-refractivity contribution in [2.45, 2.75) is 31.6 Å². The lowest BCUT2D eigenvalue weighted by molar-refractivity contribution is 0.262. The van der Waals surface area contributed by atoms with Gasteiger partial charge in [-0.1, -0.05) is 53.4 Å². The smallest absolute Gasteiger partial charge is 0.324 e. The lowest BCUT2D eigenvalue weighted by atomic mass is 9.82. The standard InChI is InChI=1S/C28H22Cl3N7O3/c29-16-12-17(30)25(18(31)13-16)38-26-23(24(37-38)15-4-3-5-15)27(40)35-22(34-26)11-14-7-8-19(20(39)10-14)33-28(41)36-21-6-1-2-9-32-21/h1-2,6-10,12-13,15,39H,3-5,11H2,(H,34,35,40)(H2,32,33,36,41). The summed E-state index contributed by atoms with van der Waals surface area (Å²) in [5.41, 5.74) is 1.89. The number of H-pyrrole nitrogens is 1. The van der Waals surface area contributed by atoms with Gasteiger partial charge in [0, 0.05) is 23.6 Å². The zero-order valence-corrected chi connectivity index (χ0v) is 23.6. The van der Waals surface area contributed by atoms with E-state index in [0.29, 0.717) is 44.6 Å². The average Bonchev–Trinajstić information content (AvgIpc) is 3.23. The molecule has 208 valence electrons. The van der Waals surface area contributed by atoms with Gasteiger partial charge in [0.25, 0.3) is 5.56 Å². The Hall–Kier alpha value is -4.12. The lowest BCUT2D eigenvalue weighted by Gasteiger charge is -2.23. The summed E-state index contributed by atoms with van der Waals surface area (Å²) >= 11 is 19.2. The number of carbonyl (C=O) groups is 1. The number of aromatic amines is 1. The molecule has 1 aliphatic carbocycles. The summed E-state index contributed by atoms with van der Waals surface area (Å²) in [5, 5.41) is 21.8. The van der Waals surface area contributed by atoms with E-state index in [1.54, 1.807) is 48.7 Å². The maximum absolute atomic E-state index is 13.4. The number of carbonyl (C=O) groups excluding carboxylic acids is 1. The molecule has 3 aromatic heterocycles. The summed E-state index contributed by atoms with van der Waals surface area (Å²) in [5.74, 6) is 0.703. The molecule has 4 N–H and O–H groups in total. The van der Waals surface area contributed by atoms with Gasteiger partial charge >= 0.3 is 6.03 Å². The quantitative estimate of drug-likeness (QED) is 0.158. The molecule has 1 fully saturated rings. The average molecular weight is 611 g/mol. The SMILES string of the molecule is O=C(Nc1ccccn1)Nc1ccc(Cc2nc3c(c(C4CCC4)nn3-c3c(Cl)cc(Cl)cc3Cl)c(=O)[nH]2)cc1O. The molecule has 10 nitrogen and oxygen atoms in total. The molecule has 41 heavy (non-hydrogen) atoms. The van der Waals surface area contributed by atoms with E-state index in [4.69, 9.17) is 44.9 Å². The number of hydrogen-bond donors (Lipinski definition) is 4. The number of aromatic hydroxyl groups is 1. The van der Waals surface area contributed by atoms with Crippen molar-refractivity contribution in [3.63, 3.8) is 0 Å². The van der Waals surface area contributed by atoms with Gasteiger partial charge in [-0.15, -0.1) is 0 Å². The molecule has 1 saturated carbocycles. The first kappa shape index (κ1) is 27.1. The monoisotopic (exact) mass is 609 g/mol. The van der Waals surface area contributed by atoms with E-state index in [-0.39, 0.29) is 39.4 Å². The molecule has 3 heterocycles. The first-order chi connectivity index (χ1) is 19.8. The number of fused-ring (bicyclic) bond motifs is 1. The molecular weight excluding hydrogens is 589 g/mol. The third-order valence-corrected chi connectivity index (χ3v) is 7.68. The van der Waals surface area contributed by atoms with Crippen molar-refractivity contribution in [1.29, 1.82) is 0 Å². The van der Waals surface area contributed by atoms with Gasteiger partial charge in [-0.2, -0.15) is 5.10 Å². The molecule has 0 atom stereocenters. The van der Waals surface area contributed by atoms with E-state index in [1.807, 2.05) is 0 Å². The van der Waals surface area contributed by atoms with E-state index in [1.165, 1.54) is 10.7 Å². The van der Waals surface area contributed by atoms with Crippen molar-refractivity contribution in [3.05, 3.63) is 97.2 Å². The highest BCUT2D eigenvalue weighted by atomic mass is 35.5. The van der Waals surface area contributed by atoms with Crippen molar-refractivity contribution in [1.82, 2.24) is 24.7 Å². The number of nitrogens with one attached hydrogen (secondary N) is 3. The van der Waals surface area contributed by atoms with Gasteiger partial charge < -0.3 is 15.4 Å². The minimum atomic E-state index is -0.557. The second-order valence-corrected chi connectivity index (χ2v) is 10.9. The summed E-state index contributed by atoms with van der Waals surface area (Å²) in [6.07, 6.45) is 4.65. The van der Waals surface area contributed by atoms with E-state index in [2.05, 4.69) is 20.6 Å². The molecule has 5 aromatic rings. The Morgan fingerprint density at radius 3 is 2.51 bits per heavy atom. The molecule has 0 unspecified atom stereocenters. The van der Waals surface area contributed by atoms with Gasteiger partial charge in [-0.05, 0) is 54.8 Å². The van der Waals surface area contributed by atoms with Gasteiger partial charge in [-0.3, -0.25) is 10.1 Å². The number of urea groups is 1. The molecule has 0 radical (unpaired) electrons. The Labute approximate surface area is 248 Å². The zero-order chi connectivity index (χ0) is 28.7. The van der Waals surface area contributed by atoms with Gasteiger partial charge in [0.05, 0.1) is 21.4 Å². The fraction of sp³-hybridized carbons (Fsp3) is 0.179. The van der Waals surface area contributed by atoms with Crippen LogP contribution < -0.4 is 16.2 Å². The Morgan fingerprint density at radius 1 is 1.07 bits per heavy atom. The molecule has 0 saturated heterocycles. The Bertz CT molecular complexity index is 1830. The third kappa shape index (κ3) is 5.46. The molecule has 6 rings (SSSR count). The number of anilines is 2. The number of hydrogen-bond acceptors (Lipinski definition) is 6. The summed E-state index contributed by atoms with van der Waals surface area (Å²) in [7, 11) is 0. The minimum Gasteiger partial charge on any atom is -0.506 e. The second-order valence-electron chi connectivity index (χ2n) is 9.68. The van der Waals surface area contributed by atoms with Crippen LogP contribution in [0.4, 0.5) is 16.3 Å². The van der Waals surface area contributed by atoms with Crippen LogP contribution in [0.5, 0.6) is 5.75 Å². The highest BCUT2D eigenvalue weighted by molar-refractivity contribution is 6.40. The third-order valence-electron chi connectivity index (χ3n) is 6.89. The van der Waals surface area contributed by atoms with Crippen LogP contribution in [0.1, 0.15) is 42.3 Å². The second kappa shape index (κ2) is 11.0. The van der Waals surface area contributed by atoms with Crippen LogP contribution in [0, 0.1) is 0 Å². The number of phenols is 1. The Kier molecular flexibility index (Phi) is 7.29. The van der Waals surface area contributed by atoms with E-state index >= 15 is 0 Å². The number of nitrogens with zero attached hydrogens (tertiary/aromatic N) is 4. The van der Waals surface area contributed by atoms with Crippen molar-refractivity contribution in [2.24, 2.45) is 0 Å². The summed E-state index contributed by atoms with van der Waals surface area (Å²) in [6, 6.07) is 12.4. The topological polar surface area (TPSA) is 138 Å². The van der Waals surface area contributed by atoms with Crippen LogP contribution in [0.3, 0.4) is 0 Å². The molecule has 0 aliphatic heterocycles. The number of benzene rings is 2. The van der Waals surface area contributed by atoms with Gasteiger partial charge in [0.1, 0.15) is 28.5 Å². The summed E-state index contributed by atoms with van der Waals surface area (Å²) < 4.78 is 1.51. The summed E-state index contributed by atoms with van der Waals surface area (Å²) in [6.45, 7) is 0. The number of pyridine rings is 1. The molecule has 0 bridgehead atoms. The fourth-order valence-corrected chi connectivity index (χ4v) is 5.71. The van der Waals surface area contributed by atoms with Crippen molar-refractivity contribution in [3.8, 4) is 11.4 Å². The molecule has 13 heteroatoms.